The van der Waals surface area contributed by atoms with E-state index in [2.05, 4.69) is 0 Å². The van der Waals surface area contributed by atoms with Gasteiger partial charge in [-0.25, -0.2) is 0 Å². The van der Waals surface area contributed by atoms with Gasteiger partial charge in [-0.05, 0) is 19.8 Å². The fourth-order valence-corrected chi connectivity index (χ4v) is 3.67. The van der Waals surface area contributed by atoms with Crippen molar-refractivity contribution in [2.45, 2.75) is 38.4 Å². The summed E-state index contributed by atoms with van der Waals surface area (Å²) >= 11 is 0. The molecule has 2 aliphatic carbocycles. The van der Waals surface area contributed by atoms with Gasteiger partial charge in [-0.2, -0.15) is 0 Å². The van der Waals surface area contributed by atoms with Gasteiger partial charge >= 0.3 is 11.9 Å². The predicted octanol–water partition coefficient (Wildman–Crippen LogP) is 0.890. The Morgan fingerprint density at radius 2 is 2.27 bits per heavy atom. The Hall–Kier alpha value is -1.06. The number of esters is 2. The molecule has 0 radical (unpaired) electrons. The van der Waals surface area contributed by atoms with Gasteiger partial charge in [-0.1, -0.05) is 0 Å². The van der Waals surface area contributed by atoms with Crippen LogP contribution in [0.15, 0.2) is 0 Å². The number of hydrogen-bond donors (Lipinski definition) is 0. The first kappa shape index (κ1) is 9.19. The van der Waals surface area contributed by atoms with Crippen LogP contribution in [0.4, 0.5) is 0 Å². The molecule has 0 aromatic heterocycles. The van der Waals surface area contributed by atoms with Gasteiger partial charge < -0.3 is 9.47 Å². The first-order valence-electron chi connectivity index (χ1n) is 5.42. The predicted molar refractivity (Wildman–Crippen MR) is 49.8 cm³/mol. The van der Waals surface area contributed by atoms with Gasteiger partial charge in [0.05, 0.1) is 5.92 Å². The Kier molecular flexibility index (Phi) is 1.56. The average molecular weight is 210 g/mol. The molecule has 4 heteroatoms. The highest BCUT2D eigenvalue weighted by atomic mass is 16.6. The summed E-state index contributed by atoms with van der Waals surface area (Å²) in [5, 5.41) is 0. The summed E-state index contributed by atoms with van der Waals surface area (Å²) in [5.41, 5.74) is -0.570. The van der Waals surface area contributed by atoms with Crippen LogP contribution in [0, 0.1) is 17.8 Å². The molecule has 4 nitrogen and oxygen atoms in total. The van der Waals surface area contributed by atoms with Gasteiger partial charge in [0.15, 0.2) is 0 Å². The van der Waals surface area contributed by atoms with E-state index in [0.717, 1.165) is 12.8 Å². The highest BCUT2D eigenvalue weighted by Gasteiger charge is 2.68. The number of carbonyl (C=O) groups excluding carboxylic acids is 2. The van der Waals surface area contributed by atoms with Crippen molar-refractivity contribution in [2.24, 2.45) is 17.8 Å². The summed E-state index contributed by atoms with van der Waals surface area (Å²) in [6.07, 6.45) is 1.59. The van der Waals surface area contributed by atoms with Gasteiger partial charge in [0.1, 0.15) is 11.7 Å². The Bertz CT molecular complexity index is 350. The van der Waals surface area contributed by atoms with Gasteiger partial charge in [-0.15, -0.1) is 0 Å². The molecule has 1 heterocycles. The molecule has 0 amide bonds. The van der Waals surface area contributed by atoms with E-state index >= 15 is 0 Å². The number of rotatable bonds is 1. The summed E-state index contributed by atoms with van der Waals surface area (Å²) in [5.74, 6) is 0.274. The van der Waals surface area contributed by atoms with Crippen molar-refractivity contribution in [3.8, 4) is 0 Å². The third-order valence-electron chi connectivity index (χ3n) is 4.29. The van der Waals surface area contributed by atoms with Crippen molar-refractivity contribution in [1.29, 1.82) is 0 Å². The maximum absolute atomic E-state index is 11.5. The molecule has 3 aliphatic rings. The molecule has 15 heavy (non-hydrogen) atoms. The summed E-state index contributed by atoms with van der Waals surface area (Å²) in [6, 6.07) is 0. The molecule has 3 fully saturated rings. The Balaban J connectivity index is 1.94. The number of carbonyl (C=O) groups is 2. The van der Waals surface area contributed by atoms with Crippen LogP contribution in [-0.4, -0.2) is 23.6 Å². The summed E-state index contributed by atoms with van der Waals surface area (Å²) in [6.45, 7) is 3.31. The van der Waals surface area contributed by atoms with Crippen LogP contribution in [0.1, 0.15) is 26.7 Å². The zero-order valence-corrected chi connectivity index (χ0v) is 8.86. The maximum Gasteiger partial charge on any atom is 0.309 e. The largest absolute Gasteiger partial charge is 0.458 e. The number of hydrogen-bond acceptors (Lipinski definition) is 4. The first-order chi connectivity index (χ1) is 7.02. The molecule has 2 saturated carbocycles. The zero-order chi connectivity index (χ0) is 10.8. The molecule has 5 atom stereocenters. The minimum Gasteiger partial charge on any atom is -0.458 e. The Morgan fingerprint density at radius 1 is 1.53 bits per heavy atom. The lowest BCUT2D eigenvalue weighted by atomic mass is 9.80. The molecule has 0 N–H and O–H groups in total. The van der Waals surface area contributed by atoms with Crippen LogP contribution >= 0.6 is 0 Å². The third kappa shape index (κ3) is 0.971. The van der Waals surface area contributed by atoms with Crippen LogP contribution in [0.5, 0.6) is 0 Å². The van der Waals surface area contributed by atoms with E-state index in [1.54, 1.807) is 0 Å². The summed E-state index contributed by atoms with van der Waals surface area (Å²) in [7, 11) is 0. The number of fused-ring (bicyclic) bond motifs is 1. The van der Waals surface area contributed by atoms with Crippen molar-refractivity contribution in [3.63, 3.8) is 0 Å². The van der Waals surface area contributed by atoms with Crippen molar-refractivity contribution in [1.82, 2.24) is 0 Å². The molecule has 5 unspecified atom stereocenters. The van der Waals surface area contributed by atoms with Crippen molar-refractivity contribution in [3.05, 3.63) is 0 Å². The maximum atomic E-state index is 11.5. The van der Waals surface area contributed by atoms with E-state index in [0.29, 0.717) is 5.92 Å². The smallest absolute Gasteiger partial charge is 0.309 e. The van der Waals surface area contributed by atoms with E-state index in [-0.39, 0.29) is 29.9 Å². The molecule has 3 rings (SSSR count). The third-order valence-corrected chi connectivity index (χ3v) is 4.29. The molecule has 1 saturated heterocycles. The molecule has 2 bridgehead atoms. The minimum atomic E-state index is -0.570. The first-order valence-corrected chi connectivity index (χ1v) is 5.42. The molecule has 1 aliphatic heterocycles. The van der Waals surface area contributed by atoms with Crippen LogP contribution < -0.4 is 0 Å². The second-order valence-corrected chi connectivity index (χ2v) is 5.07. The fraction of sp³-hybridized carbons (Fsp3) is 0.818. The van der Waals surface area contributed by atoms with Crippen molar-refractivity contribution < 1.29 is 19.1 Å². The lowest BCUT2D eigenvalue weighted by Crippen LogP contribution is -2.47. The van der Waals surface area contributed by atoms with Crippen molar-refractivity contribution in [2.75, 3.05) is 0 Å². The second kappa shape index (κ2) is 2.54. The van der Waals surface area contributed by atoms with Gasteiger partial charge in [-0.3, -0.25) is 9.59 Å². The highest BCUT2D eigenvalue weighted by molar-refractivity contribution is 5.77. The average Bonchev–Trinajstić information content (AvgIpc) is 2.68. The van der Waals surface area contributed by atoms with Gasteiger partial charge in [0.25, 0.3) is 0 Å². The number of ether oxygens (including phenoxy) is 2. The molecule has 0 aromatic rings. The lowest BCUT2D eigenvalue weighted by Gasteiger charge is -2.35. The molecule has 0 aromatic carbocycles. The zero-order valence-electron chi connectivity index (χ0n) is 8.86. The van der Waals surface area contributed by atoms with Crippen LogP contribution in [0.25, 0.3) is 0 Å². The standard InChI is InChI=1S/C11H14O4/c1-5(12)15-11(2)6-3-7-8(4-6)10(13)14-9(7)11/h6-9H,3-4H2,1-2H3. The van der Waals surface area contributed by atoms with E-state index in [1.807, 2.05) is 6.92 Å². The van der Waals surface area contributed by atoms with Crippen LogP contribution in [0.3, 0.4) is 0 Å². The SMILES string of the molecule is CC(=O)OC1(C)C2CC3C(=O)OC1C3C2. The van der Waals surface area contributed by atoms with E-state index in [9.17, 15) is 9.59 Å². The second-order valence-electron chi connectivity index (χ2n) is 5.07. The van der Waals surface area contributed by atoms with Crippen molar-refractivity contribution >= 4 is 11.9 Å². The fourth-order valence-electron chi connectivity index (χ4n) is 3.67. The topological polar surface area (TPSA) is 52.6 Å². The minimum absolute atomic E-state index is 0.0728. The molecule has 82 valence electrons. The Labute approximate surface area is 87.9 Å². The normalized spacial score (nSPS) is 50.7. The van der Waals surface area contributed by atoms with Crippen LogP contribution in [0.2, 0.25) is 0 Å². The lowest BCUT2D eigenvalue weighted by molar-refractivity contribution is -0.177. The van der Waals surface area contributed by atoms with E-state index in [4.69, 9.17) is 9.47 Å². The molecular weight excluding hydrogens is 196 g/mol. The van der Waals surface area contributed by atoms with E-state index in [1.165, 1.54) is 6.92 Å². The van der Waals surface area contributed by atoms with Gasteiger partial charge in [0, 0.05) is 18.8 Å². The molecule has 0 spiro atoms. The van der Waals surface area contributed by atoms with Crippen LogP contribution in [-0.2, 0) is 19.1 Å². The summed E-state index contributed by atoms with van der Waals surface area (Å²) < 4.78 is 10.7. The van der Waals surface area contributed by atoms with Gasteiger partial charge in [0.2, 0.25) is 0 Å². The Morgan fingerprint density at radius 3 is 2.93 bits per heavy atom. The highest BCUT2D eigenvalue weighted by Crippen LogP contribution is 2.60. The monoisotopic (exact) mass is 210 g/mol. The quantitative estimate of drug-likeness (QED) is 0.603. The summed E-state index contributed by atoms with van der Waals surface area (Å²) in [4.78, 5) is 22.6. The molecular formula is C11H14O4. The van der Waals surface area contributed by atoms with E-state index < -0.39 is 5.60 Å².